The Bertz CT molecular complexity index is 660. The summed E-state index contributed by atoms with van der Waals surface area (Å²) in [6.07, 6.45) is 2.25. The fourth-order valence-corrected chi connectivity index (χ4v) is 2.37. The van der Waals surface area contributed by atoms with Gasteiger partial charge in [0.05, 0.1) is 6.61 Å². The molecule has 0 saturated carbocycles. The zero-order valence-electron chi connectivity index (χ0n) is 16.3. The van der Waals surface area contributed by atoms with E-state index in [0.29, 0.717) is 31.5 Å². The first-order valence-corrected chi connectivity index (χ1v) is 9.21. The van der Waals surface area contributed by atoms with Crippen LogP contribution >= 0.6 is 0 Å². The lowest BCUT2D eigenvalue weighted by Gasteiger charge is -2.16. The van der Waals surface area contributed by atoms with E-state index in [4.69, 9.17) is 9.47 Å². The van der Waals surface area contributed by atoms with Gasteiger partial charge in [0.1, 0.15) is 12.6 Å². The van der Waals surface area contributed by atoms with Crippen LogP contribution in [-0.4, -0.2) is 42.3 Å². The number of carboxylic acids is 1. The van der Waals surface area contributed by atoms with Crippen LogP contribution in [0.5, 0.6) is 0 Å². The molecule has 8 heteroatoms. The molecule has 0 radical (unpaired) electrons. The minimum absolute atomic E-state index is 0.198. The topological polar surface area (TPSA) is 114 Å². The lowest BCUT2D eigenvalue weighted by molar-refractivity contribution is -0.140. The number of alkyl carbamates (subject to hydrolysis) is 1. The molecule has 1 aromatic carbocycles. The number of esters is 1. The van der Waals surface area contributed by atoms with E-state index in [1.54, 1.807) is 13.8 Å². The van der Waals surface area contributed by atoms with E-state index in [1.165, 1.54) is 6.08 Å². The molecule has 154 valence electrons. The van der Waals surface area contributed by atoms with Crippen molar-refractivity contribution in [3.63, 3.8) is 0 Å². The molecule has 0 spiro atoms. The number of ether oxygens (including phenoxy) is 2. The van der Waals surface area contributed by atoms with Crippen molar-refractivity contribution >= 4 is 18.0 Å². The molecule has 1 amide bonds. The van der Waals surface area contributed by atoms with Crippen molar-refractivity contribution in [2.45, 2.75) is 45.8 Å². The van der Waals surface area contributed by atoms with Crippen LogP contribution in [0.25, 0.3) is 0 Å². The first kappa shape index (κ1) is 23.0. The molecule has 3 N–H and O–H groups in total. The van der Waals surface area contributed by atoms with Crippen LogP contribution in [0.3, 0.4) is 0 Å². The molecular weight excluding hydrogens is 364 g/mol. The Hall–Kier alpha value is -3.03. The van der Waals surface area contributed by atoms with E-state index >= 15 is 0 Å². The average Bonchev–Trinajstić information content (AvgIpc) is 2.66. The normalized spacial score (nSPS) is 12.0. The van der Waals surface area contributed by atoms with Crippen LogP contribution < -0.4 is 10.6 Å². The van der Waals surface area contributed by atoms with E-state index in [2.05, 4.69) is 10.6 Å². The van der Waals surface area contributed by atoms with Gasteiger partial charge in [0, 0.05) is 18.3 Å². The number of carbonyl (C=O) groups excluding carboxylic acids is 2. The molecule has 0 aromatic heterocycles. The SMILES string of the molecule is CCOC(=O)/C=C(/C)N[C@@H](CCCCNC(=O)OCc1ccccc1)C(=O)O. The van der Waals surface area contributed by atoms with Crippen LogP contribution in [0.2, 0.25) is 0 Å². The number of hydrogen-bond acceptors (Lipinski definition) is 6. The highest BCUT2D eigenvalue weighted by molar-refractivity contribution is 5.83. The van der Waals surface area contributed by atoms with Crippen molar-refractivity contribution in [2.24, 2.45) is 0 Å². The molecule has 0 aliphatic carbocycles. The van der Waals surface area contributed by atoms with E-state index in [9.17, 15) is 19.5 Å². The Morgan fingerprint density at radius 1 is 1.14 bits per heavy atom. The third-order valence-corrected chi connectivity index (χ3v) is 3.72. The van der Waals surface area contributed by atoms with Crippen molar-refractivity contribution in [2.75, 3.05) is 13.2 Å². The molecule has 0 unspecified atom stereocenters. The van der Waals surface area contributed by atoms with E-state index in [-0.39, 0.29) is 13.2 Å². The number of nitrogens with one attached hydrogen (secondary N) is 2. The second-order valence-electron chi connectivity index (χ2n) is 6.10. The average molecular weight is 392 g/mol. The highest BCUT2D eigenvalue weighted by atomic mass is 16.5. The smallest absolute Gasteiger partial charge is 0.407 e. The van der Waals surface area contributed by atoms with Crippen LogP contribution in [0, 0.1) is 0 Å². The first-order chi connectivity index (χ1) is 13.4. The Morgan fingerprint density at radius 2 is 1.86 bits per heavy atom. The third-order valence-electron chi connectivity index (χ3n) is 3.72. The van der Waals surface area contributed by atoms with E-state index in [0.717, 1.165) is 5.56 Å². The molecule has 1 rings (SSSR count). The summed E-state index contributed by atoms with van der Waals surface area (Å²) in [6, 6.07) is 8.53. The van der Waals surface area contributed by atoms with Gasteiger partial charge in [-0.2, -0.15) is 0 Å². The molecule has 28 heavy (non-hydrogen) atoms. The van der Waals surface area contributed by atoms with Crippen molar-refractivity contribution in [3.8, 4) is 0 Å². The fraction of sp³-hybridized carbons (Fsp3) is 0.450. The van der Waals surface area contributed by atoms with Crippen molar-refractivity contribution in [1.29, 1.82) is 0 Å². The standard InChI is InChI=1S/C20H28N2O6/c1-3-27-18(23)13-15(2)22-17(19(24)25)11-7-8-12-21-20(26)28-14-16-9-5-4-6-10-16/h4-6,9-10,13,17,22H,3,7-8,11-12,14H2,1-2H3,(H,21,26)(H,24,25)/b15-13-/t17-/m0/s1. The number of carboxylic acid groups (broad SMARTS) is 1. The summed E-state index contributed by atoms with van der Waals surface area (Å²) < 4.78 is 9.88. The largest absolute Gasteiger partial charge is 0.480 e. The van der Waals surface area contributed by atoms with Crippen molar-refractivity contribution in [3.05, 3.63) is 47.7 Å². The summed E-state index contributed by atoms with van der Waals surface area (Å²) in [7, 11) is 0. The fourth-order valence-electron chi connectivity index (χ4n) is 2.37. The highest BCUT2D eigenvalue weighted by Gasteiger charge is 2.17. The summed E-state index contributed by atoms with van der Waals surface area (Å²) in [5.74, 6) is -1.53. The number of carbonyl (C=O) groups is 3. The van der Waals surface area contributed by atoms with Gasteiger partial charge in [0.2, 0.25) is 0 Å². The lowest BCUT2D eigenvalue weighted by atomic mass is 10.1. The van der Waals surface area contributed by atoms with Gasteiger partial charge in [-0.1, -0.05) is 30.3 Å². The number of allylic oxidation sites excluding steroid dienone is 1. The first-order valence-electron chi connectivity index (χ1n) is 9.21. The van der Waals surface area contributed by atoms with Crippen LogP contribution in [0.4, 0.5) is 4.79 Å². The Balaban J connectivity index is 2.24. The summed E-state index contributed by atoms with van der Waals surface area (Å²) in [5, 5.41) is 14.7. The minimum atomic E-state index is -1.01. The van der Waals surface area contributed by atoms with Crippen LogP contribution in [-0.2, 0) is 25.7 Å². The zero-order valence-corrected chi connectivity index (χ0v) is 16.3. The van der Waals surface area contributed by atoms with Gasteiger partial charge in [-0.05, 0) is 38.7 Å². The van der Waals surface area contributed by atoms with Crippen LogP contribution in [0.15, 0.2) is 42.1 Å². The zero-order chi connectivity index (χ0) is 20.8. The maximum Gasteiger partial charge on any atom is 0.407 e. The number of amides is 1. The minimum Gasteiger partial charge on any atom is -0.480 e. The lowest BCUT2D eigenvalue weighted by Crippen LogP contribution is -2.36. The molecular formula is C20H28N2O6. The molecule has 8 nitrogen and oxygen atoms in total. The maximum atomic E-state index is 11.6. The molecule has 0 aliphatic rings. The number of rotatable bonds is 12. The molecule has 1 atom stereocenters. The second-order valence-corrected chi connectivity index (χ2v) is 6.10. The quantitative estimate of drug-likeness (QED) is 0.285. The molecule has 0 saturated heterocycles. The predicted molar refractivity (Wildman–Crippen MR) is 103 cm³/mol. The summed E-state index contributed by atoms with van der Waals surface area (Å²) in [5.41, 5.74) is 1.33. The van der Waals surface area contributed by atoms with Gasteiger partial charge in [0.15, 0.2) is 0 Å². The predicted octanol–water partition coefficient (Wildman–Crippen LogP) is 2.59. The van der Waals surface area contributed by atoms with Gasteiger partial charge >= 0.3 is 18.0 Å². The third kappa shape index (κ3) is 10.2. The number of aliphatic carboxylic acids is 1. The Labute approximate surface area is 164 Å². The van der Waals surface area contributed by atoms with Crippen molar-refractivity contribution in [1.82, 2.24) is 10.6 Å². The monoisotopic (exact) mass is 392 g/mol. The van der Waals surface area contributed by atoms with Gasteiger partial charge in [-0.15, -0.1) is 0 Å². The Kier molecular flexibility index (Phi) is 10.8. The molecule has 0 heterocycles. The van der Waals surface area contributed by atoms with Crippen LogP contribution in [0.1, 0.15) is 38.7 Å². The molecule has 0 fully saturated rings. The summed E-state index contributed by atoms with van der Waals surface area (Å²) in [4.78, 5) is 34.3. The second kappa shape index (κ2) is 13.2. The van der Waals surface area contributed by atoms with Gasteiger partial charge in [-0.25, -0.2) is 14.4 Å². The number of benzene rings is 1. The van der Waals surface area contributed by atoms with Crippen molar-refractivity contribution < 1.29 is 29.0 Å². The van der Waals surface area contributed by atoms with Gasteiger partial charge in [0.25, 0.3) is 0 Å². The summed E-state index contributed by atoms with van der Waals surface area (Å²) >= 11 is 0. The maximum absolute atomic E-state index is 11.6. The number of unbranched alkanes of at least 4 members (excludes halogenated alkanes) is 1. The molecule has 1 aromatic rings. The van der Waals surface area contributed by atoms with E-state index in [1.807, 2.05) is 30.3 Å². The van der Waals surface area contributed by atoms with Gasteiger partial charge in [-0.3, -0.25) is 0 Å². The van der Waals surface area contributed by atoms with Gasteiger partial charge < -0.3 is 25.2 Å². The molecule has 0 bridgehead atoms. The Morgan fingerprint density at radius 3 is 2.50 bits per heavy atom. The van der Waals surface area contributed by atoms with E-state index < -0.39 is 24.1 Å². The highest BCUT2D eigenvalue weighted by Crippen LogP contribution is 2.05. The number of hydrogen-bond donors (Lipinski definition) is 3. The summed E-state index contributed by atoms with van der Waals surface area (Å²) in [6.45, 7) is 4.14. The molecule has 0 aliphatic heterocycles.